The van der Waals surface area contributed by atoms with E-state index >= 15 is 0 Å². The van der Waals surface area contributed by atoms with Crippen molar-refractivity contribution in [3.63, 3.8) is 0 Å². The van der Waals surface area contributed by atoms with Crippen LogP contribution < -0.4 is 0 Å². The molecule has 1 heterocycles. The summed E-state index contributed by atoms with van der Waals surface area (Å²) in [4.78, 5) is 0. The zero-order chi connectivity index (χ0) is 12.0. The Morgan fingerprint density at radius 3 is 2.38 bits per heavy atom. The van der Waals surface area contributed by atoms with Crippen molar-refractivity contribution >= 4 is 22.9 Å². The average Bonchev–Trinajstić information content (AvgIpc) is 2.60. The molecule has 0 bridgehead atoms. The van der Waals surface area contributed by atoms with E-state index in [1.54, 1.807) is 0 Å². The molecule has 0 amide bonds. The van der Waals surface area contributed by atoms with Gasteiger partial charge in [0.05, 0.1) is 6.61 Å². The first-order valence-corrected chi connectivity index (χ1v) is 5.88. The van der Waals surface area contributed by atoms with Crippen LogP contribution in [0.5, 0.6) is 0 Å². The number of hydrogen-bond donors (Lipinski definition) is 0. The quantitative estimate of drug-likeness (QED) is 0.590. The zero-order valence-electron chi connectivity index (χ0n) is 8.26. The largest absolute Gasteiger partial charge is 0.411 e. The second kappa shape index (κ2) is 6.36. The molecule has 16 heavy (non-hydrogen) atoms. The third kappa shape index (κ3) is 5.62. The summed E-state index contributed by atoms with van der Waals surface area (Å²) in [7, 11) is 0. The summed E-state index contributed by atoms with van der Waals surface area (Å²) < 4.78 is 39.6. The molecule has 1 aromatic heterocycles. The van der Waals surface area contributed by atoms with E-state index in [2.05, 4.69) is 14.9 Å². The highest BCUT2D eigenvalue weighted by atomic mass is 35.5. The normalized spacial score (nSPS) is 12.0. The molecule has 3 nitrogen and oxygen atoms in total. The van der Waals surface area contributed by atoms with Crippen molar-refractivity contribution in [2.75, 3.05) is 19.1 Å². The average molecular weight is 275 g/mol. The van der Waals surface area contributed by atoms with Crippen LogP contribution in [0, 0.1) is 0 Å². The Hall–Kier alpha value is -0.400. The first-order valence-electron chi connectivity index (χ1n) is 4.53. The predicted octanol–water partition coefficient (Wildman–Crippen LogP) is 2.44. The van der Waals surface area contributed by atoms with Crippen molar-refractivity contribution in [2.45, 2.75) is 19.0 Å². The number of halogens is 4. The van der Waals surface area contributed by atoms with Crippen molar-refractivity contribution in [1.82, 2.24) is 10.2 Å². The molecule has 0 aromatic carbocycles. The standard InChI is InChI=1S/C8H10ClF3N2OS/c9-3-1-6-13-14-7(16-6)2-4-15-5-8(10,11)12/h1-5H2. The zero-order valence-corrected chi connectivity index (χ0v) is 9.83. The first-order chi connectivity index (χ1) is 7.51. The van der Waals surface area contributed by atoms with Crippen LogP contribution in [-0.2, 0) is 17.6 Å². The highest BCUT2D eigenvalue weighted by Crippen LogP contribution is 2.15. The minimum atomic E-state index is -4.27. The van der Waals surface area contributed by atoms with Crippen molar-refractivity contribution in [3.05, 3.63) is 10.0 Å². The fourth-order valence-electron chi connectivity index (χ4n) is 0.919. The molecule has 0 saturated carbocycles. The van der Waals surface area contributed by atoms with Crippen LogP contribution in [0.4, 0.5) is 13.2 Å². The van der Waals surface area contributed by atoms with Gasteiger partial charge in [0.1, 0.15) is 16.6 Å². The molecule has 1 rings (SSSR count). The minimum absolute atomic E-state index is 0.00494. The van der Waals surface area contributed by atoms with Gasteiger partial charge < -0.3 is 4.74 Å². The summed E-state index contributed by atoms with van der Waals surface area (Å²) in [5.74, 6) is 0.458. The third-order valence-corrected chi connectivity index (χ3v) is 2.77. The fourth-order valence-corrected chi connectivity index (χ4v) is 2.03. The minimum Gasteiger partial charge on any atom is -0.372 e. The molecule has 0 N–H and O–H groups in total. The van der Waals surface area contributed by atoms with Gasteiger partial charge in [0.15, 0.2) is 0 Å². The van der Waals surface area contributed by atoms with Crippen LogP contribution in [0.2, 0.25) is 0 Å². The van der Waals surface area contributed by atoms with Crippen LogP contribution in [0.1, 0.15) is 10.0 Å². The monoisotopic (exact) mass is 274 g/mol. The van der Waals surface area contributed by atoms with Gasteiger partial charge in [-0.2, -0.15) is 13.2 Å². The molecule has 0 aliphatic heterocycles. The van der Waals surface area contributed by atoms with Gasteiger partial charge in [-0.3, -0.25) is 0 Å². The van der Waals surface area contributed by atoms with E-state index in [1.165, 1.54) is 11.3 Å². The number of ether oxygens (including phenoxy) is 1. The number of nitrogens with zero attached hydrogens (tertiary/aromatic N) is 2. The van der Waals surface area contributed by atoms with E-state index in [1.807, 2.05) is 0 Å². The van der Waals surface area contributed by atoms with E-state index < -0.39 is 12.8 Å². The van der Waals surface area contributed by atoms with Gasteiger partial charge in [-0.15, -0.1) is 33.1 Å². The molecule has 0 aliphatic rings. The lowest BCUT2D eigenvalue weighted by atomic mass is 10.5. The predicted molar refractivity (Wildman–Crippen MR) is 54.9 cm³/mol. The molecule has 1 aromatic rings. The van der Waals surface area contributed by atoms with Gasteiger partial charge in [-0.05, 0) is 0 Å². The van der Waals surface area contributed by atoms with Gasteiger partial charge in [-0.1, -0.05) is 0 Å². The van der Waals surface area contributed by atoms with E-state index in [9.17, 15) is 13.2 Å². The van der Waals surface area contributed by atoms with Crippen LogP contribution in [0.3, 0.4) is 0 Å². The number of rotatable bonds is 6. The number of aryl methyl sites for hydroxylation is 1. The molecule has 0 radical (unpaired) electrons. The van der Waals surface area contributed by atoms with E-state index in [4.69, 9.17) is 11.6 Å². The Morgan fingerprint density at radius 1 is 1.19 bits per heavy atom. The molecule has 0 unspecified atom stereocenters. The second-order valence-electron chi connectivity index (χ2n) is 2.95. The molecule has 8 heteroatoms. The van der Waals surface area contributed by atoms with Gasteiger partial charge in [0.2, 0.25) is 0 Å². The lowest BCUT2D eigenvalue weighted by Gasteiger charge is -2.05. The van der Waals surface area contributed by atoms with Crippen LogP contribution in [-0.4, -0.2) is 35.5 Å². The SMILES string of the molecule is FC(F)(F)COCCc1nnc(CCCl)s1. The summed E-state index contributed by atoms with van der Waals surface area (Å²) in [5.41, 5.74) is 0. The molecule has 0 fully saturated rings. The number of alkyl halides is 4. The molecular weight excluding hydrogens is 265 g/mol. The summed E-state index contributed by atoms with van der Waals surface area (Å²) in [6, 6.07) is 0. The molecule has 0 atom stereocenters. The number of aromatic nitrogens is 2. The van der Waals surface area contributed by atoms with Crippen molar-refractivity contribution in [2.24, 2.45) is 0 Å². The molecular formula is C8H10ClF3N2OS. The van der Waals surface area contributed by atoms with E-state index in [0.717, 1.165) is 5.01 Å². The maximum Gasteiger partial charge on any atom is 0.411 e. The summed E-state index contributed by atoms with van der Waals surface area (Å²) in [5, 5.41) is 9.12. The molecule has 0 spiro atoms. The molecule has 0 aliphatic carbocycles. The topological polar surface area (TPSA) is 35.0 Å². The lowest BCUT2D eigenvalue weighted by Crippen LogP contribution is -2.17. The highest BCUT2D eigenvalue weighted by Gasteiger charge is 2.27. The Balaban J connectivity index is 2.21. The Bertz CT molecular complexity index is 318. The smallest absolute Gasteiger partial charge is 0.372 e. The summed E-state index contributed by atoms with van der Waals surface area (Å²) >= 11 is 6.86. The highest BCUT2D eigenvalue weighted by molar-refractivity contribution is 7.11. The maximum absolute atomic E-state index is 11.7. The molecule has 92 valence electrons. The van der Waals surface area contributed by atoms with Gasteiger partial charge >= 0.3 is 6.18 Å². The third-order valence-electron chi connectivity index (χ3n) is 1.54. The van der Waals surface area contributed by atoms with Gasteiger partial charge in [0.25, 0.3) is 0 Å². The lowest BCUT2D eigenvalue weighted by molar-refractivity contribution is -0.173. The van der Waals surface area contributed by atoms with Crippen LogP contribution >= 0.6 is 22.9 Å². The summed E-state index contributed by atoms with van der Waals surface area (Å²) in [6.45, 7) is -1.23. The van der Waals surface area contributed by atoms with Crippen molar-refractivity contribution < 1.29 is 17.9 Å². The second-order valence-corrected chi connectivity index (χ2v) is 4.47. The number of hydrogen-bond acceptors (Lipinski definition) is 4. The molecule has 0 saturated heterocycles. The van der Waals surface area contributed by atoms with E-state index in [-0.39, 0.29) is 6.61 Å². The van der Waals surface area contributed by atoms with Crippen LogP contribution in [0.25, 0.3) is 0 Å². The van der Waals surface area contributed by atoms with Crippen molar-refractivity contribution in [1.29, 1.82) is 0 Å². The Labute approximate surface area is 99.6 Å². The fraction of sp³-hybridized carbons (Fsp3) is 0.750. The summed E-state index contributed by atoms with van der Waals surface area (Å²) in [6.07, 6.45) is -3.30. The van der Waals surface area contributed by atoms with Gasteiger partial charge in [-0.25, -0.2) is 0 Å². The Morgan fingerprint density at radius 2 is 1.81 bits per heavy atom. The van der Waals surface area contributed by atoms with Crippen LogP contribution in [0.15, 0.2) is 0 Å². The Kier molecular flexibility index (Phi) is 5.43. The maximum atomic E-state index is 11.7. The van der Waals surface area contributed by atoms with Gasteiger partial charge in [0, 0.05) is 18.7 Å². The van der Waals surface area contributed by atoms with Crippen molar-refractivity contribution in [3.8, 4) is 0 Å². The first kappa shape index (κ1) is 13.7. The van der Waals surface area contributed by atoms with E-state index in [0.29, 0.717) is 23.7 Å².